The normalized spacial score (nSPS) is 12.2. The van der Waals surface area contributed by atoms with E-state index in [1.54, 1.807) is 12.1 Å². The lowest BCUT2D eigenvalue weighted by molar-refractivity contribution is 0.621. The first-order chi connectivity index (χ1) is 8.70. The molecule has 18 heavy (non-hydrogen) atoms. The average Bonchev–Trinajstić information content (AvgIpc) is 2.40. The van der Waals surface area contributed by atoms with E-state index >= 15 is 0 Å². The SMILES string of the molecule is Cc1ccc(F)cc1C(CN)Nc1ccccc1. The van der Waals surface area contributed by atoms with Crippen molar-refractivity contribution in [1.29, 1.82) is 0 Å². The van der Waals surface area contributed by atoms with Gasteiger partial charge in [0.25, 0.3) is 0 Å². The van der Waals surface area contributed by atoms with E-state index in [0.717, 1.165) is 16.8 Å². The van der Waals surface area contributed by atoms with Gasteiger partial charge < -0.3 is 11.1 Å². The molecule has 0 saturated carbocycles. The molecule has 0 heterocycles. The van der Waals surface area contributed by atoms with E-state index < -0.39 is 0 Å². The van der Waals surface area contributed by atoms with Gasteiger partial charge in [-0.05, 0) is 42.3 Å². The Morgan fingerprint density at radius 3 is 2.56 bits per heavy atom. The molecular weight excluding hydrogens is 227 g/mol. The summed E-state index contributed by atoms with van der Waals surface area (Å²) in [5.74, 6) is -0.232. The predicted molar refractivity (Wildman–Crippen MR) is 73.0 cm³/mol. The fraction of sp³-hybridized carbons (Fsp3) is 0.200. The first-order valence-corrected chi connectivity index (χ1v) is 5.98. The summed E-state index contributed by atoms with van der Waals surface area (Å²) in [6.07, 6.45) is 0. The molecule has 0 aromatic heterocycles. The maximum absolute atomic E-state index is 13.3. The molecule has 2 aromatic carbocycles. The second-order valence-electron chi connectivity index (χ2n) is 4.30. The number of aryl methyl sites for hydroxylation is 1. The van der Waals surface area contributed by atoms with E-state index in [2.05, 4.69) is 5.32 Å². The van der Waals surface area contributed by atoms with Crippen molar-refractivity contribution in [2.75, 3.05) is 11.9 Å². The van der Waals surface area contributed by atoms with E-state index in [0.29, 0.717) is 6.54 Å². The van der Waals surface area contributed by atoms with Crippen LogP contribution in [-0.2, 0) is 0 Å². The second-order valence-corrected chi connectivity index (χ2v) is 4.30. The van der Waals surface area contributed by atoms with Crippen LogP contribution in [0.15, 0.2) is 48.5 Å². The maximum atomic E-state index is 13.3. The third-order valence-electron chi connectivity index (χ3n) is 2.97. The molecule has 0 bridgehead atoms. The van der Waals surface area contributed by atoms with Crippen molar-refractivity contribution in [3.8, 4) is 0 Å². The highest BCUT2D eigenvalue weighted by Gasteiger charge is 2.12. The number of anilines is 1. The lowest BCUT2D eigenvalue weighted by Crippen LogP contribution is -2.21. The Bertz CT molecular complexity index is 511. The Morgan fingerprint density at radius 1 is 1.17 bits per heavy atom. The predicted octanol–water partition coefficient (Wildman–Crippen LogP) is 3.25. The van der Waals surface area contributed by atoms with Gasteiger partial charge in [0.2, 0.25) is 0 Å². The Balaban J connectivity index is 2.26. The summed E-state index contributed by atoms with van der Waals surface area (Å²) in [5, 5.41) is 3.32. The number of rotatable bonds is 4. The molecule has 2 nitrogen and oxygen atoms in total. The van der Waals surface area contributed by atoms with Crippen LogP contribution in [0, 0.1) is 12.7 Å². The van der Waals surface area contributed by atoms with Gasteiger partial charge in [-0.3, -0.25) is 0 Å². The summed E-state index contributed by atoms with van der Waals surface area (Å²) < 4.78 is 13.3. The number of halogens is 1. The van der Waals surface area contributed by atoms with Crippen molar-refractivity contribution in [1.82, 2.24) is 0 Å². The van der Waals surface area contributed by atoms with Gasteiger partial charge in [0.05, 0.1) is 6.04 Å². The van der Waals surface area contributed by atoms with Crippen molar-refractivity contribution in [3.63, 3.8) is 0 Å². The molecule has 2 aromatic rings. The smallest absolute Gasteiger partial charge is 0.123 e. The zero-order chi connectivity index (χ0) is 13.0. The first kappa shape index (κ1) is 12.6. The van der Waals surface area contributed by atoms with Crippen LogP contribution in [0.2, 0.25) is 0 Å². The van der Waals surface area contributed by atoms with Gasteiger partial charge in [0.15, 0.2) is 0 Å². The van der Waals surface area contributed by atoms with Gasteiger partial charge in [-0.15, -0.1) is 0 Å². The summed E-state index contributed by atoms with van der Waals surface area (Å²) in [4.78, 5) is 0. The van der Waals surface area contributed by atoms with E-state index in [9.17, 15) is 4.39 Å². The van der Waals surface area contributed by atoms with Crippen LogP contribution >= 0.6 is 0 Å². The molecule has 0 aliphatic carbocycles. The molecule has 0 aliphatic heterocycles. The average molecular weight is 244 g/mol. The highest BCUT2D eigenvalue weighted by Crippen LogP contribution is 2.22. The summed E-state index contributed by atoms with van der Waals surface area (Å²) in [5.41, 5.74) is 8.71. The van der Waals surface area contributed by atoms with Gasteiger partial charge >= 0.3 is 0 Å². The minimum atomic E-state index is -0.232. The Morgan fingerprint density at radius 2 is 1.89 bits per heavy atom. The third-order valence-corrected chi connectivity index (χ3v) is 2.97. The number of hydrogen-bond acceptors (Lipinski definition) is 2. The van der Waals surface area contributed by atoms with Crippen LogP contribution in [0.4, 0.5) is 10.1 Å². The van der Waals surface area contributed by atoms with E-state index in [1.165, 1.54) is 6.07 Å². The van der Waals surface area contributed by atoms with Crippen molar-refractivity contribution in [2.45, 2.75) is 13.0 Å². The lowest BCUT2D eigenvalue weighted by Gasteiger charge is -2.20. The van der Waals surface area contributed by atoms with Crippen LogP contribution in [0.1, 0.15) is 17.2 Å². The molecule has 3 heteroatoms. The number of para-hydroxylation sites is 1. The van der Waals surface area contributed by atoms with Crippen LogP contribution in [0.3, 0.4) is 0 Å². The van der Waals surface area contributed by atoms with Gasteiger partial charge in [-0.2, -0.15) is 0 Å². The van der Waals surface area contributed by atoms with Gasteiger partial charge in [0, 0.05) is 12.2 Å². The molecule has 1 atom stereocenters. The number of nitrogens with one attached hydrogen (secondary N) is 1. The minimum absolute atomic E-state index is 0.0805. The fourth-order valence-corrected chi connectivity index (χ4v) is 1.99. The van der Waals surface area contributed by atoms with E-state index in [-0.39, 0.29) is 11.9 Å². The van der Waals surface area contributed by atoms with Gasteiger partial charge in [-0.25, -0.2) is 4.39 Å². The molecule has 0 aliphatic rings. The number of benzene rings is 2. The van der Waals surface area contributed by atoms with Crippen molar-refractivity contribution >= 4 is 5.69 Å². The molecule has 94 valence electrons. The lowest BCUT2D eigenvalue weighted by atomic mass is 10.0. The summed E-state index contributed by atoms with van der Waals surface area (Å²) in [7, 11) is 0. The topological polar surface area (TPSA) is 38.0 Å². The van der Waals surface area contributed by atoms with Crippen LogP contribution in [-0.4, -0.2) is 6.54 Å². The highest BCUT2D eigenvalue weighted by atomic mass is 19.1. The molecule has 2 rings (SSSR count). The monoisotopic (exact) mass is 244 g/mol. The zero-order valence-corrected chi connectivity index (χ0v) is 10.4. The van der Waals surface area contributed by atoms with Gasteiger partial charge in [0.1, 0.15) is 5.82 Å². The van der Waals surface area contributed by atoms with Crippen molar-refractivity contribution < 1.29 is 4.39 Å². The summed E-state index contributed by atoms with van der Waals surface area (Å²) in [6.45, 7) is 2.38. The standard InChI is InChI=1S/C15H17FN2/c1-11-7-8-12(16)9-14(11)15(10-17)18-13-5-3-2-4-6-13/h2-9,15,18H,10,17H2,1H3. The Hall–Kier alpha value is -1.87. The molecule has 0 saturated heterocycles. The molecule has 1 unspecified atom stereocenters. The van der Waals surface area contributed by atoms with Crippen LogP contribution in [0.25, 0.3) is 0 Å². The first-order valence-electron chi connectivity index (χ1n) is 5.98. The van der Waals surface area contributed by atoms with E-state index in [1.807, 2.05) is 37.3 Å². The largest absolute Gasteiger partial charge is 0.377 e. The van der Waals surface area contributed by atoms with Crippen molar-refractivity contribution in [2.24, 2.45) is 5.73 Å². The molecule has 0 amide bonds. The minimum Gasteiger partial charge on any atom is -0.377 e. The summed E-state index contributed by atoms with van der Waals surface area (Å²) in [6, 6.07) is 14.5. The molecule has 0 fully saturated rings. The van der Waals surface area contributed by atoms with Gasteiger partial charge in [-0.1, -0.05) is 24.3 Å². The summed E-state index contributed by atoms with van der Waals surface area (Å²) >= 11 is 0. The maximum Gasteiger partial charge on any atom is 0.123 e. The third kappa shape index (κ3) is 2.87. The molecule has 0 radical (unpaired) electrons. The fourth-order valence-electron chi connectivity index (χ4n) is 1.99. The molecule has 3 N–H and O–H groups in total. The quantitative estimate of drug-likeness (QED) is 0.866. The Labute approximate surface area is 107 Å². The second kappa shape index (κ2) is 5.65. The molecule has 0 spiro atoms. The number of hydrogen-bond donors (Lipinski definition) is 2. The van der Waals surface area contributed by atoms with Crippen LogP contribution in [0.5, 0.6) is 0 Å². The highest BCUT2D eigenvalue weighted by molar-refractivity contribution is 5.46. The zero-order valence-electron chi connectivity index (χ0n) is 10.4. The molecular formula is C15H17FN2. The van der Waals surface area contributed by atoms with Crippen LogP contribution < -0.4 is 11.1 Å². The van der Waals surface area contributed by atoms with Crippen molar-refractivity contribution in [3.05, 3.63) is 65.5 Å². The number of nitrogens with two attached hydrogens (primary N) is 1. The van der Waals surface area contributed by atoms with E-state index in [4.69, 9.17) is 5.73 Å². The Kier molecular flexibility index (Phi) is 3.95.